The molecule has 176 valence electrons. The number of carbonyl (C=O) groups is 2. The molecule has 3 saturated heterocycles. The van der Waals surface area contributed by atoms with E-state index in [1.807, 2.05) is 0 Å². The van der Waals surface area contributed by atoms with Crippen molar-refractivity contribution in [2.45, 2.75) is 32.3 Å². The molecule has 1 unspecified atom stereocenters. The fourth-order valence-corrected chi connectivity index (χ4v) is 4.69. The standard InChI is InChI=1S/C23H34FN5O3/c1-18(30)25-16-20-17-29(23(31)32-20)19-5-6-22(21(24)15-19)28-13-11-27(12-14-28)10-9-26-7-3-2-4-8-26/h5-6,15,20H,2-4,7-14,16-17H2,1H3,(H,25,30). The molecular weight excluding hydrogens is 413 g/mol. The van der Waals surface area contributed by atoms with Crippen molar-refractivity contribution in [1.82, 2.24) is 15.1 Å². The van der Waals surface area contributed by atoms with Gasteiger partial charge in [-0.15, -0.1) is 0 Å². The number of piperidine rings is 1. The average molecular weight is 448 g/mol. The number of nitrogens with zero attached hydrogens (tertiary/aromatic N) is 4. The zero-order valence-corrected chi connectivity index (χ0v) is 18.9. The molecule has 0 bridgehead atoms. The summed E-state index contributed by atoms with van der Waals surface area (Å²) in [5, 5.41) is 2.64. The van der Waals surface area contributed by atoms with Crippen LogP contribution in [0.5, 0.6) is 0 Å². The Morgan fingerprint density at radius 3 is 2.41 bits per heavy atom. The summed E-state index contributed by atoms with van der Waals surface area (Å²) >= 11 is 0. The second-order valence-electron chi connectivity index (χ2n) is 8.92. The predicted octanol–water partition coefficient (Wildman–Crippen LogP) is 1.89. The highest BCUT2D eigenvalue weighted by molar-refractivity contribution is 5.90. The first-order valence-corrected chi connectivity index (χ1v) is 11.7. The molecule has 1 aromatic rings. The third-order valence-corrected chi connectivity index (χ3v) is 6.59. The highest BCUT2D eigenvalue weighted by Gasteiger charge is 2.33. The molecule has 1 aromatic carbocycles. The summed E-state index contributed by atoms with van der Waals surface area (Å²) in [6.45, 7) is 10.0. The van der Waals surface area contributed by atoms with Crippen molar-refractivity contribution >= 4 is 23.4 Å². The van der Waals surface area contributed by atoms with Crippen molar-refractivity contribution in [1.29, 1.82) is 0 Å². The van der Waals surface area contributed by atoms with Crippen molar-refractivity contribution in [2.75, 3.05) is 75.2 Å². The second-order valence-corrected chi connectivity index (χ2v) is 8.92. The summed E-state index contributed by atoms with van der Waals surface area (Å²) in [6.07, 6.45) is 3.03. The van der Waals surface area contributed by atoms with Gasteiger partial charge in [0, 0.05) is 46.2 Å². The van der Waals surface area contributed by atoms with E-state index in [9.17, 15) is 14.0 Å². The van der Waals surface area contributed by atoms with Crippen LogP contribution in [0.25, 0.3) is 0 Å². The van der Waals surface area contributed by atoms with E-state index in [1.54, 1.807) is 12.1 Å². The third-order valence-electron chi connectivity index (χ3n) is 6.59. The topological polar surface area (TPSA) is 68.4 Å². The van der Waals surface area contributed by atoms with Gasteiger partial charge in [0.15, 0.2) is 0 Å². The first-order valence-electron chi connectivity index (χ1n) is 11.7. The van der Waals surface area contributed by atoms with Gasteiger partial charge in [0.2, 0.25) is 5.91 Å². The molecule has 0 aliphatic carbocycles. The van der Waals surface area contributed by atoms with E-state index < -0.39 is 12.2 Å². The van der Waals surface area contributed by atoms with Gasteiger partial charge in [-0.05, 0) is 44.1 Å². The van der Waals surface area contributed by atoms with Gasteiger partial charge in [-0.1, -0.05) is 6.42 Å². The molecular formula is C23H34FN5O3. The molecule has 4 rings (SSSR count). The normalized spacial score (nSPS) is 22.8. The summed E-state index contributed by atoms with van der Waals surface area (Å²) in [6, 6.07) is 4.92. The minimum Gasteiger partial charge on any atom is -0.442 e. The number of nitrogens with one attached hydrogen (secondary N) is 1. The number of hydrogen-bond donors (Lipinski definition) is 1. The molecule has 1 N–H and O–H groups in total. The van der Waals surface area contributed by atoms with Crippen molar-refractivity contribution in [2.24, 2.45) is 0 Å². The Labute approximate surface area is 189 Å². The number of rotatable bonds is 7. The van der Waals surface area contributed by atoms with E-state index in [0.717, 1.165) is 39.3 Å². The van der Waals surface area contributed by atoms with Gasteiger partial charge < -0.3 is 19.9 Å². The van der Waals surface area contributed by atoms with Gasteiger partial charge in [0.25, 0.3) is 0 Å². The van der Waals surface area contributed by atoms with Crippen molar-refractivity contribution < 1.29 is 18.7 Å². The van der Waals surface area contributed by atoms with Gasteiger partial charge >= 0.3 is 6.09 Å². The first kappa shape index (κ1) is 22.8. The van der Waals surface area contributed by atoms with Crippen LogP contribution in [0.15, 0.2) is 18.2 Å². The van der Waals surface area contributed by atoms with E-state index >= 15 is 0 Å². The Morgan fingerprint density at radius 1 is 1.06 bits per heavy atom. The molecule has 2 amide bonds. The van der Waals surface area contributed by atoms with E-state index in [2.05, 4.69) is 20.0 Å². The maximum Gasteiger partial charge on any atom is 0.414 e. The lowest BCUT2D eigenvalue weighted by molar-refractivity contribution is -0.119. The predicted molar refractivity (Wildman–Crippen MR) is 122 cm³/mol. The fourth-order valence-electron chi connectivity index (χ4n) is 4.69. The number of amides is 2. The molecule has 0 aromatic heterocycles. The number of likely N-dealkylation sites (tertiary alicyclic amines) is 1. The van der Waals surface area contributed by atoms with Crippen LogP contribution in [0, 0.1) is 5.82 Å². The highest BCUT2D eigenvalue weighted by atomic mass is 19.1. The molecule has 3 aliphatic rings. The Kier molecular flexibility index (Phi) is 7.47. The summed E-state index contributed by atoms with van der Waals surface area (Å²) < 4.78 is 20.2. The van der Waals surface area contributed by atoms with E-state index in [1.165, 1.54) is 50.2 Å². The molecule has 3 fully saturated rings. The molecule has 0 saturated carbocycles. The smallest absolute Gasteiger partial charge is 0.414 e. The van der Waals surface area contributed by atoms with E-state index in [0.29, 0.717) is 11.4 Å². The van der Waals surface area contributed by atoms with Crippen molar-refractivity contribution in [3.8, 4) is 0 Å². The third kappa shape index (κ3) is 5.69. The summed E-state index contributed by atoms with van der Waals surface area (Å²) in [7, 11) is 0. The van der Waals surface area contributed by atoms with Gasteiger partial charge in [0.05, 0.1) is 24.5 Å². The average Bonchev–Trinajstić information content (AvgIpc) is 3.18. The molecule has 3 aliphatic heterocycles. The van der Waals surface area contributed by atoms with Crippen LogP contribution in [-0.4, -0.2) is 93.4 Å². The van der Waals surface area contributed by atoms with Crippen LogP contribution in [0.3, 0.4) is 0 Å². The minimum absolute atomic E-state index is 0.179. The number of ether oxygens (including phenoxy) is 1. The van der Waals surface area contributed by atoms with Crippen LogP contribution in [0.1, 0.15) is 26.2 Å². The van der Waals surface area contributed by atoms with Crippen molar-refractivity contribution in [3.05, 3.63) is 24.0 Å². The monoisotopic (exact) mass is 447 g/mol. The Bertz CT molecular complexity index is 809. The molecule has 1 atom stereocenters. The maximum absolute atomic E-state index is 15.0. The number of hydrogen-bond acceptors (Lipinski definition) is 6. The molecule has 32 heavy (non-hydrogen) atoms. The summed E-state index contributed by atoms with van der Waals surface area (Å²) in [5.74, 6) is -0.510. The van der Waals surface area contributed by atoms with Gasteiger partial charge in [-0.2, -0.15) is 0 Å². The molecule has 0 spiro atoms. The zero-order chi connectivity index (χ0) is 22.5. The van der Waals surface area contributed by atoms with Gasteiger partial charge in [-0.3, -0.25) is 14.6 Å². The highest BCUT2D eigenvalue weighted by Crippen LogP contribution is 2.28. The quantitative estimate of drug-likeness (QED) is 0.689. The van der Waals surface area contributed by atoms with Crippen LogP contribution in [0.2, 0.25) is 0 Å². The number of cyclic esters (lactones) is 1. The lowest BCUT2D eigenvalue weighted by atomic mass is 10.1. The van der Waals surface area contributed by atoms with Crippen LogP contribution >= 0.6 is 0 Å². The van der Waals surface area contributed by atoms with E-state index in [4.69, 9.17) is 4.74 Å². The molecule has 3 heterocycles. The Morgan fingerprint density at radius 2 is 1.75 bits per heavy atom. The SMILES string of the molecule is CC(=O)NCC1CN(c2ccc(N3CCN(CCN4CCCCC4)CC3)c(F)c2)C(=O)O1. The Balaban J connectivity index is 1.28. The summed E-state index contributed by atoms with van der Waals surface area (Å²) in [4.78, 5) is 31.8. The lowest BCUT2D eigenvalue weighted by Crippen LogP contribution is -2.49. The lowest BCUT2D eigenvalue weighted by Gasteiger charge is -2.37. The van der Waals surface area contributed by atoms with Crippen molar-refractivity contribution in [3.63, 3.8) is 0 Å². The first-order chi connectivity index (χ1) is 15.5. The van der Waals surface area contributed by atoms with E-state index in [-0.39, 0.29) is 24.8 Å². The van der Waals surface area contributed by atoms with Crippen LogP contribution < -0.4 is 15.1 Å². The van der Waals surface area contributed by atoms with Gasteiger partial charge in [-0.25, -0.2) is 9.18 Å². The molecule has 9 heteroatoms. The number of anilines is 2. The number of benzene rings is 1. The fraction of sp³-hybridized carbons (Fsp3) is 0.652. The number of carbonyl (C=O) groups excluding carboxylic acids is 2. The second kappa shape index (κ2) is 10.5. The number of piperazine rings is 1. The van der Waals surface area contributed by atoms with Crippen LogP contribution in [0.4, 0.5) is 20.6 Å². The Hall–Kier alpha value is -2.39. The molecule has 8 nitrogen and oxygen atoms in total. The number of halogens is 1. The van der Waals surface area contributed by atoms with Crippen LogP contribution in [-0.2, 0) is 9.53 Å². The zero-order valence-electron chi connectivity index (χ0n) is 18.9. The largest absolute Gasteiger partial charge is 0.442 e. The maximum atomic E-state index is 15.0. The molecule has 0 radical (unpaired) electrons. The van der Waals surface area contributed by atoms with Gasteiger partial charge in [0.1, 0.15) is 11.9 Å². The minimum atomic E-state index is -0.519. The summed E-state index contributed by atoms with van der Waals surface area (Å²) in [5.41, 5.74) is 1.05.